The smallest absolute Gasteiger partial charge is 0.254 e. The van der Waals surface area contributed by atoms with Crippen molar-refractivity contribution in [3.05, 3.63) is 0 Å². The van der Waals surface area contributed by atoms with Gasteiger partial charge in [-0.1, -0.05) is 0 Å². The van der Waals surface area contributed by atoms with E-state index in [4.69, 9.17) is 0 Å². The van der Waals surface area contributed by atoms with Crippen LogP contribution in [-0.4, -0.2) is 81.3 Å². The van der Waals surface area contributed by atoms with Gasteiger partial charge >= 0.3 is 0 Å². The van der Waals surface area contributed by atoms with Gasteiger partial charge in [-0.15, -0.1) is 0 Å². The summed E-state index contributed by atoms with van der Waals surface area (Å²) in [6.07, 6.45) is -2.74. The fourth-order valence-corrected chi connectivity index (χ4v) is 3.11. The molecular weight excluding hydrogens is 264 g/mol. The van der Waals surface area contributed by atoms with Crippen molar-refractivity contribution in [1.82, 2.24) is 10.2 Å². The van der Waals surface area contributed by atoms with E-state index >= 15 is 0 Å². The number of amides is 1. The molecule has 1 amide bonds. The van der Waals surface area contributed by atoms with Gasteiger partial charge in [0.1, 0.15) is 11.7 Å². The predicted molar refractivity (Wildman–Crippen MR) is 70.9 cm³/mol. The van der Waals surface area contributed by atoms with Crippen LogP contribution in [0.4, 0.5) is 0 Å². The molecule has 0 aromatic rings. The maximum atomic E-state index is 12.4. The average Bonchev–Trinajstić information content (AvgIpc) is 2.44. The van der Waals surface area contributed by atoms with Gasteiger partial charge in [-0.05, 0) is 19.9 Å². The van der Waals surface area contributed by atoms with Crippen molar-refractivity contribution in [2.24, 2.45) is 0 Å². The van der Waals surface area contributed by atoms with Gasteiger partial charge in [0.05, 0.1) is 12.2 Å². The molecule has 0 spiro atoms. The van der Waals surface area contributed by atoms with Gasteiger partial charge in [-0.25, -0.2) is 0 Å². The minimum atomic E-state index is -1.79. The first kappa shape index (κ1) is 15.7. The van der Waals surface area contributed by atoms with E-state index in [0.717, 1.165) is 12.8 Å². The Morgan fingerprint density at radius 2 is 1.65 bits per heavy atom. The van der Waals surface area contributed by atoms with Crippen LogP contribution in [0.15, 0.2) is 0 Å². The Bertz CT molecular complexity index is 345. The van der Waals surface area contributed by atoms with Gasteiger partial charge in [0, 0.05) is 32.0 Å². The van der Waals surface area contributed by atoms with E-state index in [1.807, 2.05) is 7.05 Å². The lowest BCUT2D eigenvalue weighted by Gasteiger charge is -2.43. The number of carbonyl (C=O) groups is 1. The summed E-state index contributed by atoms with van der Waals surface area (Å²) < 4.78 is 0. The van der Waals surface area contributed by atoms with Crippen LogP contribution in [0.5, 0.6) is 0 Å². The highest BCUT2D eigenvalue weighted by atomic mass is 16.4. The van der Waals surface area contributed by atoms with Gasteiger partial charge in [-0.2, -0.15) is 0 Å². The minimum Gasteiger partial charge on any atom is -0.390 e. The van der Waals surface area contributed by atoms with E-state index in [1.54, 1.807) is 4.90 Å². The van der Waals surface area contributed by atoms with E-state index in [1.165, 1.54) is 0 Å². The zero-order valence-electron chi connectivity index (χ0n) is 11.7. The summed E-state index contributed by atoms with van der Waals surface area (Å²) in [4.78, 5) is 14.0. The van der Waals surface area contributed by atoms with E-state index in [2.05, 4.69) is 5.32 Å². The van der Waals surface area contributed by atoms with Crippen molar-refractivity contribution < 1.29 is 25.2 Å². The second-order valence-electron chi connectivity index (χ2n) is 5.92. The Morgan fingerprint density at radius 1 is 1.15 bits per heavy atom. The Balaban J connectivity index is 2.01. The summed E-state index contributed by atoms with van der Waals surface area (Å²) >= 11 is 0. The second kappa shape index (κ2) is 5.95. The number of aliphatic hydroxyl groups excluding tert-OH is 3. The molecule has 0 bridgehead atoms. The highest BCUT2D eigenvalue weighted by Gasteiger charge is 2.49. The molecule has 0 radical (unpaired) electrons. The molecule has 0 aromatic carbocycles. The number of carbonyl (C=O) groups excluding carboxylic acids is 1. The molecule has 2 fully saturated rings. The molecule has 20 heavy (non-hydrogen) atoms. The molecule has 1 saturated heterocycles. The largest absolute Gasteiger partial charge is 0.390 e. The molecule has 2 atom stereocenters. The number of hydrogen-bond donors (Lipinski definition) is 5. The number of nitrogens with one attached hydrogen (secondary N) is 1. The summed E-state index contributed by atoms with van der Waals surface area (Å²) in [6.45, 7) is 1.09. The number of likely N-dealkylation sites (tertiary alicyclic amines) is 1. The molecule has 2 unspecified atom stereocenters. The number of hydrogen-bond acceptors (Lipinski definition) is 6. The molecule has 0 aromatic heterocycles. The minimum absolute atomic E-state index is 0.240. The first-order valence-corrected chi connectivity index (χ1v) is 7.10. The first-order valence-electron chi connectivity index (χ1n) is 7.10. The average molecular weight is 288 g/mol. The molecule has 1 heterocycles. The summed E-state index contributed by atoms with van der Waals surface area (Å²) in [5.74, 6) is -0.461. The number of rotatable bonds is 2. The van der Waals surface area contributed by atoms with Crippen molar-refractivity contribution in [2.45, 2.75) is 55.6 Å². The SMILES string of the molecule is CNC1CCN(C(=O)C2(O)CC(O)C(O)C(O)C2)CC1. The highest BCUT2D eigenvalue weighted by Crippen LogP contribution is 2.31. The van der Waals surface area contributed by atoms with E-state index < -0.39 is 29.8 Å². The zero-order valence-corrected chi connectivity index (χ0v) is 11.7. The molecule has 7 nitrogen and oxygen atoms in total. The Kier molecular flexibility index (Phi) is 4.66. The Labute approximate surface area is 118 Å². The highest BCUT2D eigenvalue weighted by molar-refractivity contribution is 5.85. The standard InChI is InChI=1S/C13H24N2O5/c1-14-8-2-4-15(5-3-8)12(19)13(20)6-9(16)11(18)10(17)7-13/h8-11,14,16-18,20H,2-7H2,1H3. The first-order chi connectivity index (χ1) is 9.37. The lowest BCUT2D eigenvalue weighted by atomic mass is 9.78. The lowest BCUT2D eigenvalue weighted by molar-refractivity contribution is -0.182. The molecule has 1 aliphatic carbocycles. The van der Waals surface area contributed by atoms with Crippen molar-refractivity contribution in [2.75, 3.05) is 20.1 Å². The summed E-state index contributed by atoms with van der Waals surface area (Å²) in [5.41, 5.74) is -1.79. The lowest BCUT2D eigenvalue weighted by Crippen LogP contribution is -2.60. The van der Waals surface area contributed by atoms with Gasteiger partial charge in [-0.3, -0.25) is 4.79 Å². The maximum absolute atomic E-state index is 12.4. The molecule has 2 rings (SSSR count). The second-order valence-corrected chi connectivity index (χ2v) is 5.92. The third-order valence-electron chi connectivity index (χ3n) is 4.47. The molecule has 116 valence electrons. The molecule has 5 N–H and O–H groups in total. The van der Waals surface area contributed by atoms with Gasteiger partial charge in [0.25, 0.3) is 5.91 Å². The van der Waals surface area contributed by atoms with E-state index in [9.17, 15) is 25.2 Å². The molecular formula is C13H24N2O5. The number of aliphatic hydroxyl groups is 4. The number of nitrogens with zero attached hydrogens (tertiary/aromatic N) is 1. The fourth-order valence-electron chi connectivity index (χ4n) is 3.11. The van der Waals surface area contributed by atoms with Gasteiger partial charge < -0.3 is 30.6 Å². The van der Waals surface area contributed by atoms with Crippen LogP contribution < -0.4 is 5.32 Å². The van der Waals surface area contributed by atoms with Crippen LogP contribution >= 0.6 is 0 Å². The summed E-state index contributed by atoms with van der Waals surface area (Å²) in [5, 5.41) is 42.4. The van der Waals surface area contributed by atoms with Crippen LogP contribution in [0, 0.1) is 0 Å². The maximum Gasteiger partial charge on any atom is 0.254 e. The summed E-state index contributed by atoms with van der Waals surface area (Å²) in [7, 11) is 1.88. The third kappa shape index (κ3) is 2.96. The van der Waals surface area contributed by atoms with Crippen molar-refractivity contribution in [3.63, 3.8) is 0 Å². The normalized spacial score (nSPS) is 39.9. The molecule has 1 saturated carbocycles. The summed E-state index contributed by atoms with van der Waals surface area (Å²) in [6, 6.07) is 0.373. The quantitative estimate of drug-likeness (QED) is 0.394. The van der Waals surface area contributed by atoms with Crippen LogP contribution in [0.3, 0.4) is 0 Å². The molecule has 2 aliphatic rings. The molecule has 7 heteroatoms. The van der Waals surface area contributed by atoms with E-state index in [0.29, 0.717) is 19.1 Å². The Hall–Kier alpha value is -0.730. The fraction of sp³-hybridized carbons (Fsp3) is 0.923. The van der Waals surface area contributed by atoms with Crippen molar-refractivity contribution in [1.29, 1.82) is 0 Å². The molecule has 1 aliphatic heterocycles. The van der Waals surface area contributed by atoms with Crippen LogP contribution in [0.1, 0.15) is 25.7 Å². The predicted octanol–water partition coefficient (Wildman–Crippen LogP) is -2.20. The monoisotopic (exact) mass is 288 g/mol. The van der Waals surface area contributed by atoms with Gasteiger partial charge in [0.15, 0.2) is 0 Å². The van der Waals surface area contributed by atoms with Crippen molar-refractivity contribution >= 4 is 5.91 Å². The van der Waals surface area contributed by atoms with Crippen LogP contribution in [0.2, 0.25) is 0 Å². The van der Waals surface area contributed by atoms with Crippen LogP contribution in [0.25, 0.3) is 0 Å². The number of piperidine rings is 1. The topological polar surface area (TPSA) is 113 Å². The zero-order chi connectivity index (χ0) is 14.9. The van der Waals surface area contributed by atoms with Gasteiger partial charge in [0.2, 0.25) is 0 Å². The Morgan fingerprint density at radius 3 is 2.10 bits per heavy atom. The van der Waals surface area contributed by atoms with Crippen LogP contribution in [-0.2, 0) is 4.79 Å². The van der Waals surface area contributed by atoms with E-state index in [-0.39, 0.29) is 12.8 Å². The third-order valence-corrected chi connectivity index (χ3v) is 4.47. The van der Waals surface area contributed by atoms with Crippen molar-refractivity contribution in [3.8, 4) is 0 Å².